The van der Waals surface area contributed by atoms with Crippen LogP contribution in [0.2, 0.25) is 0 Å². The van der Waals surface area contributed by atoms with E-state index in [2.05, 4.69) is 17.9 Å². The lowest BCUT2D eigenvalue weighted by Crippen LogP contribution is -2.33. The molecule has 1 aliphatic rings. The molecule has 0 radical (unpaired) electrons. The summed E-state index contributed by atoms with van der Waals surface area (Å²) in [6, 6.07) is 12.0. The van der Waals surface area contributed by atoms with Crippen molar-refractivity contribution in [3.05, 3.63) is 70.3 Å². The molecule has 1 saturated heterocycles. The van der Waals surface area contributed by atoms with Gasteiger partial charge in [-0.25, -0.2) is 0 Å². The van der Waals surface area contributed by atoms with Crippen LogP contribution in [0.1, 0.15) is 51.9 Å². The molecule has 28 heavy (non-hydrogen) atoms. The van der Waals surface area contributed by atoms with Crippen LogP contribution in [-0.4, -0.2) is 36.9 Å². The third-order valence-corrected chi connectivity index (χ3v) is 5.48. The largest absolute Gasteiger partial charge is 0.492 e. The molecule has 1 aliphatic heterocycles. The molecule has 148 valence electrons. The number of likely N-dealkylation sites (tertiary alicyclic amines) is 1. The molecule has 2 aromatic rings. The van der Waals surface area contributed by atoms with E-state index in [1.807, 2.05) is 50.3 Å². The molecule has 3 heteroatoms. The maximum atomic E-state index is 12.8. The summed E-state index contributed by atoms with van der Waals surface area (Å²) >= 11 is 0. The highest BCUT2D eigenvalue weighted by atomic mass is 16.5. The Balaban J connectivity index is 1.64. The minimum absolute atomic E-state index is 0.0399. The summed E-state index contributed by atoms with van der Waals surface area (Å²) in [5.41, 5.74) is 4.94. The summed E-state index contributed by atoms with van der Waals surface area (Å²) in [4.78, 5) is 15.2. The SMILES string of the molecule is Cc1ccccc1C=CC(=O)c1c(C)cc(OCCN2CCCCC2)cc1C. The van der Waals surface area contributed by atoms with Crippen molar-refractivity contribution in [1.82, 2.24) is 4.90 Å². The van der Waals surface area contributed by atoms with E-state index in [1.165, 1.54) is 32.4 Å². The predicted octanol–water partition coefficient (Wildman–Crippen LogP) is 5.37. The average Bonchev–Trinajstić information content (AvgIpc) is 2.68. The molecule has 0 bridgehead atoms. The van der Waals surface area contributed by atoms with Gasteiger partial charge in [-0.05, 0) is 87.2 Å². The van der Waals surface area contributed by atoms with Gasteiger partial charge >= 0.3 is 0 Å². The Bertz CT molecular complexity index is 824. The highest BCUT2D eigenvalue weighted by Crippen LogP contribution is 2.23. The summed E-state index contributed by atoms with van der Waals surface area (Å²) < 4.78 is 5.98. The topological polar surface area (TPSA) is 29.5 Å². The van der Waals surface area contributed by atoms with E-state index in [-0.39, 0.29) is 5.78 Å². The first kappa shape index (κ1) is 20.3. The number of ketones is 1. The molecule has 0 atom stereocenters. The van der Waals surface area contributed by atoms with Crippen LogP contribution in [0.25, 0.3) is 6.08 Å². The summed E-state index contributed by atoms with van der Waals surface area (Å²) in [7, 11) is 0. The Morgan fingerprint density at radius 2 is 1.68 bits per heavy atom. The van der Waals surface area contributed by atoms with E-state index < -0.39 is 0 Å². The number of nitrogens with zero attached hydrogens (tertiary/aromatic N) is 1. The van der Waals surface area contributed by atoms with Gasteiger partial charge in [0, 0.05) is 12.1 Å². The van der Waals surface area contributed by atoms with Gasteiger partial charge in [0.2, 0.25) is 0 Å². The van der Waals surface area contributed by atoms with Gasteiger partial charge in [-0.15, -0.1) is 0 Å². The molecule has 0 aliphatic carbocycles. The molecule has 1 fully saturated rings. The average molecular weight is 378 g/mol. The van der Waals surface area contributed by atoms with Gasteiger partial charge in [-0.1, -0.05) is 36.8 Å². The summed E-state index contributed by atoms with van der Waals surface area (Å²) in [6.45, 7) is 10.1. The van der Waals surface area contributed by atoms with Gasteiger partial charge in [0.05, 0.1) is 0 Å². The van der Waals surface area contributed by atoms with Crippen molar-refractivity contribution in [2.24, 2.45) is 0 Å². The van der Waals surface area contributed by atoms with Gasteiger partial charge in [0.1, 0.15) is 12.4 Å². The van der Waals surface area contributed by atoms with Gasteiger partial charge in [0.25, 0.3) is 0 Å². The first-order chi connectivity index (χ1) is 13.5. The lowest BCUT2D eigenvalue weighted by molar-refractivity contribution is 0.104. The fraction of sp³-hybridized carbons (Fsp3) is 0.400. The summed E-state index contributed by atoms with van der Waals surface area (Å²) in [5.74, 6) is 0.893. The van der Waals surface area contributed by atoms with Crippen LogP contribution in [0.15, 0.2) is 42.5 Å². The zero-order valence-electron chi connectivity index (χ0n) is 17.3. The van der Waals surface area contributed by atoms with Crippen LogP contribution in [0.3, 0.4) is 0 Å². The van der Waals surface area contributed by atoms with Gasteiger partial charge < -0.3 is 4.74 Å². The number of rotatable bonds is 7. The molecule has 0 saturated carbocycles. The van der Waals surface area contributed by atoms with Crippen molar-refractivity contribution in [2.45, 2.75) is 40.0 Å². The fourth-order valence-corrected chi connectivity index (χ4v) is 3.89. The Labute approximate surface area is 169 Å². The maximum absolute atomic E-state index is 12.8. The standard InChI is InChI=1S/C25H31NO2/c1-19-9-5-6-10-22(19)11-12-24(27)25-20(2)17-23(18-21(25)3)28-16-15-26-13-7-4-8-14-26/h5-6,9-12,17-18H,4,7-8,13-16H2,1-3H3. The molecular weight excluding hydrogens is 346 g/mol. The highest BCUT2D eigenvalue weighted by molar-refractivity contribution is 6.08. The fourth-order valence-electron chi connectivity index (χ4n) is 3.89. The highest BCUT2D eigenvalue weighted by Gasteiger charge is 2.13. The van der Waals surface area contributed by atoms with E-state index in [9.17, 15) is 4.79 Å². The molecule has 0 aromatic heterocycles. The number of carbonyl (C=O) groups is 1. The minimum Gasteiger partial charge on any atom is -0.492 e. The van der Waals surface area contributed by atoms with Crippen molar-refractivity contribution in [1.29, 1.82) is 0 Å². The molecule has 3 rings (SSSR count). The molecule has 0 amide bonds. The van der Waals surface area contributed by atoms with Crippen LogP contribution in [0.5, 0.6) is 5.75 Å². The molecule has 0 N–H and O–H groups in total. The Morgan fingerprint density at radius 1 is 1.00 bits per heavy atom. The Kier molecular flexibility index (Phi) is 7.05. The van der Waals surface area contributed by atoms with E-state index in [1.54, 1.807) is 6.08 Å². The van der Waals surface area contributed by atoms with Crippen molar-refractivity contribution < 1.29 is 9.53 Å². The third-order valence-electron chi connectivity index (χ3n) is 5.48. The zero-order chi connectivity index (χ0) is 19.9. The molecule has 3 nitrogen and oxygen atoms in total. The lowest BCUT2D eigenvalue weighted by Gasteiger charge is -2.26. The van der Waals surface area contributed by atoms with Crippen LogP contribution in [-0.2, 0) is 0 Å². The molecule has 0 unspecified atom stereocenters. The summed E-state index contributed by atoms with van der Waals surface area (Å²) in [6.07, 6.45) is 7.52. The second-order valence-corrected chi connectivity index (χ2v) is 7.74. The number of aryl methyl sites for hydroxylation is 3. The quantitative estimate of drug-likeness (QED) is 0.480. The van der Waals surface area contributed by atoms with E-state index >= 15 is 0 Å². The number of carbonyl (C=O) groups excluding carboxylic acids is 1. The monoisotopic (exact) mass is 377 g/mol. The first-order valence-electron chi connectivity index (χ1n) is 10.3. The summed E-state index contributed by atoms with van der Waals surface area (Å²) in [5, 5.41) is 0. The number of ether oxygens (including phenoxy) is 1. The Morgan fingerprint density at radius 3 is 2.36 bits per heavy atom. The molecule has 1 heterocycles. The number of hydrogen-bond donors (Lipinski definition) is 0. The third kappa shape index (κ3) is 5.32. The minimum atomic E-state index is 0.0399. The maximum Gasteiger partial charge on any atom is 0.186 e. The van der Waals surface area contributed by atoms with E-state index in [4.69, 9.17) is 4.74 Å². The number of hydrogen-bond acceptors (Lipinski definition) is 3. The normalized spacial score (nSPS) is 15.1. The second kappa shape index (κ2) is 9.70. The van der Waals surface area contributed by atoms with Gasteiger partial charge in [-0.3, -0.25) is 9.69 Å². The molecule has 0 spiro atoms. The van der Waals surface area contributed by atoms with Crippen LogP contribution in [0.4, 0.5) is 0 Å². The van der Waals surface area contributed by atoms with Gasteiger partial charge in [-0.2, -0.15) is 0 Å². The van der Waals surface area contributed by atoms with Gasteiger partial charge in [0.15, 0.2) is 5.78 Å². The number of allylic oxidation sites excluding steroid dienone is 1. The van der Waals surface area contributed by atoms with Crippen molar-refractivity contribution in [2.75, 3.05) is 26.2 Å². The second-order valence-electron chi connectivity index (χ2n) is 7.74. The van der Waals surface area contributed by atoms with Crippen molar-refractivity contribution in [3.63, 3.8) is 0 Å². The molecular formula is C25H31NO2. The number of piperidine rings is 1. The van der Waals surface area contributed by atoms with E-state index in [0.29, 0.717) is 6.61 Å². The smallest absolute Gasteiger partial charge is 0.186 e. The zero-order valence-corrected chi connectivity index (χ0v) is 17.3. The first-order valence-corrected chi connectivity index (χ1v) is 10.3. The molecule has 2 aromatic carbocycles. The predicted molar refractivity (Wildman–Crippen MR) is 116 cm³/mol. The van der Waals surface area contributed by atoms with Crippen molar-refractivity contribution >= 4 is 11.9 Å². The van der Waals surface area contributed by atoms with Crippen LogP contribution in [0, 0.1) is 20.8 Å². The van der Waals surface area contributed by atoms with Crippen molar-refractivity contribution in [3.8, 4) is 5.75 Å². The number of benzene rings is 2. The van der Waals surface area contributed by atoms with Crippen LogP contribution >= 0.6 is 0 Å². The van der Waals surface area contributed by atoms with E-state index in [0.717, 1.165) is 40.1 Å². The Hall–Kier alpha value is -2.39. The lowest BCUT2D eigenvalue weighted by atomic mass is 9.97. The van der Waals surface area contributed by atoms with Crippen LogP contribution < -0.4 is 4.74 Å².